The molecule has 0 radical (unpaired) electrons. The molecule has 2 saturated carbocycles. The van der Waals surface area contributed by atoms with Gasteiger partial charge in [-0.05, 0) is 67.1 Å². The molecular formula is C24H38N2O2. The van der Waals surface area contributed by atoms with E-state index in [1.807, 2.05) is 0 Å². The fourth-order valence-corrected chi connectivity index (χ4v) is 7.10. The van der Waals surface area contributed by atoms with Crippen molar-refractivity contribution in [1.29, 1.82) is 0 Å². The maximum absolute atomic E-state index is 13.1. The average Bonchev–Trinajstić information content (AvgIpc) is 2.97. The third-order valence-electron chi connectivity index (χ3n) is 8.72. The van der Waals surface area contributed by atoms with E-state index in [9.17, 15) is 9.59 Å². The number of rotatable bonds is 2. The van der Waals surface area contributed by atoms with Crippen LogP contribution in [0.15, 0.2) is 11.8 Å². The molecule has 2 amide bonds. The first-order chi connectivity index (χ1) is 13.0. The van der Waals surface area contributed by atoms with Crippen LogP contribution in [0, 0.1) is 39.9 Å². The van der Waals surface area contributed by atoms with Crippen molar-refractivity contribution in [2.45, 2.75) is 79.6 Å². The number of fused-ring (bicyclic) bond motifs is 5. The Labute approximate surface area is 170 Å². The molecule has 4 nitrogen and oxygen atoms in total. The summed E-state index contributed by atoms with van der Waals surface area (Å²) in [6.07, 6.45) is 9.54. The zero-order valence-electron chi connectivity index (χ0n) is 18.4. The number of hydrogen-bond acceptors (Lipinski definition) is 2. The number of allylic oxidation sites excluding steroid dienone is 2. The summed E-state index contributed by atoms with van der Waals surface area (Å²) in [5, 5.41) is 6.43. The molecule has 3 fully saturated rings. The van der Waals surface area contributed by atoms with Crippen molar-refractivity contribution < 1.29 is 9.59 Å². The molecule has 0 aromatic rings. The van der Waals surface area contributed by atoms with E-state index >= 15 is 0 Å². The van der Waals surface area contributed by atoms with Crippen LogP contribution in [0.3, 0.4) is 0 Å². The van der Waals surface area contributed by atoms with E-state index in [2.05, 4.69) is 51.3 Å². The van der Waals surface area contributed by atoms with Crippen LogP contribution in [-0.4, -0.2) is 18.4 Å². The predicted molar refractivity (Wildman–Crippen MR) is 111 cm³/mol. The van der Waals surface area contributed by atoms with Crippen molar-refractivity contribution in [3.63, 3.8) is 0 Å². The first-order valence-electron chi connectivity index (χ1n) is 11.3. The highest BCUT2D eigenvalue weighted by Crippen LogP contribution is 2.65. The van der Waals surface area contributed by atoms with Gasteiger partial charge in [-0.15, -0.1) is 0 Å². The van der Waals surface area contributed by atoms with E-state index in [-0.39, 0.29) is 34.0 Å². The van der Waals surface area contributed by atoms with Crippen molar-refractivity contribution in [2.24, 2.45) is 39.9 Å². The number of piperidine rings is 1. The SMILES string of the molecule is CC(C)(C)CNC(=O)C1CC[C@H]2[C@@H]3CC=C4NC(=O)CC[C@]4(C)[C@@H]3CC[C@]12C. The van der Waals surface area contributed by atoms with E-state index in [1.165, 1.54) is 18.5 Å². The molecule has 0 bridgehead atoms. The molecule has 4 aliphatic rings. The highest BCUT2D eigenvalue weighted by Gasteiger charge is 2.60. The minimum absolute atomic E-state index is 0.116. The second-order valence-corrected chi connectivity index (χ2v) is 11.6. The summed E-state index contributed by atoms with van der Waals surface area (Å²) < 4.78 is 0. The third kappa shape index (κ3) is 3.11. The van der Waals surface area contributed by atoms with E-state index in [0.29, 0.717) is 24.2 Å². The smallest absolute Gasteiger partial charge is 0.224 e. The van der Waals surface area contributed by atoms with Gasteiger partial charge in [0.1, 0.15) is 0 Å². The lowest BCUT2D eigenvalue weighted by atomic mass is 9.49. The first-order valence-corrected chi connectivity index (χ1v) is 11.3. The largest absolute Gasteiger partial charge is 0.355 e. The third-order valence-corrected chi connectivity index (χ3v) is 8.72. The molecule has 4 heteroatoms. The van der Waals surface area contributed by atoms with Gasteiger partial charge in [-0.2, -0.15) is 0 Å². The van der Waals surface area contributed by atoms with E-state index in [4.69, 9.17) is 0 Å². The topological polar surface area (TPSA) is 58.2 Å². The Morgan fingerprint density at radius 1 is 1.18 bits per heavy atom. The maximum atomic E-state index is 13.1. The maximum Gasteiger partial charge on any atom is 0.224 e. The summed E-state index contributed by atoms with van der Waals surface area (Å²) in [7, 11) is 0. The Kier molecular flexibility index (Phi) is 4.71. The lowest BCUT2D eigenvalue weighted by molar-refractivity contribution is -0.133. The van der Waals surface area contributed by atoms with Crippen molar-refractivity contribution in [2.75, 3.05) is 6.54 Å². The van der Waals surface area contributed by atoms with Crippen LogP contribution in [0.25, 0.3) is 0 Å². The molecule has 3 aliphatic carbocycles. The molecule has 28 heavy (non-hydrogen) atoms. The first kappa shape index (κ1) is 20.0. The van der Waals surface area contributed by atoms with Gasteiger partial charge in [0.2, 0.25) is 11.8 Å². The van der Waals surface area contributed by atoms with Gasteiger partial charge in [-0.1, -0.05) is 40.7 Å². The van der Waals surface area contributed by atoms with Crippen LogP contribution in [0.2, 0.25) is 0 Å². The van der Waals surface area contributed by atoms with Crippen LogP contribution >= 0.6 is 0 Å². The molecule has 156 valence electrons. The molecule has 1 saturated heterocycles. The fourth-order valence-electron chi connectivity index (χ4n) is 7.10. The Hall–Kier alpha value is -1.32. The minimum atomic E-state index is 0.116. The number of hydrogen-bond donors (Lipinski definition) is 2. The van der Waals surface area contributed by atoms with Crippen LogP contribution in [0.4, 0.5) is 0 Å². The van der Waals surface area contributed by atoms with Gasteiger partial charge in [0, 0.05) is 30.0 Å². The standard InChI is InChI=1S/C24H38N2O2/c1-22(2,3)14-25-21(28)18-8-7-16-15-6-9-19-24(5,13-11-20(27)26-19)17(15)10-12-23(16,18)4/h9,15-18H,6-8,10-14H2,1-5H3,(H,25,28)(H,26,27)/t15-,16-,17+,18?,23-,24+/m0/s1. The second-order valence-electron chi connectivity index (χ2n) is 11.6. The fraction of sp³-hybridized carbons (Fsp3) is 0.833. The zero-order valence-corrected chi connectivity index (χ0v) is 18.4. The lowest BCUT2D eigenvalue weighted by Crippen LogP contribution is -2.54. The summed E-state index contributed by atoms with van der Waals surface area (Å²) in [5.74, 6) is 2.54. The normalized spacial score (nSPS) is 42.6. The van der Waals surface area contributed by atoms with E-state index < -0.39 is 0 Å². The monoisotopic (exact) mass is 386 g/mol. The Balaban J connectivity index is 1.54. The highest BCUT2D eigenvalue weighted by atomic mass is 16.2. The van der Waals surface area contributed by atoms with Crippen molar-refractivity contribution in [3.05, 3.63) is 11.8 Å². The summed E-state index contributed by atoms with van der Waals surface area (Å²) >= 11 is 0. The quantitative estimate of drug-likeness (QED) is 0.738. The Bertz CT molecular complexity index is 706. The van der Waals surface area contributed by atoms with Gasteiger partial charge in [0.05, 0.1) is 0 Å². The predicted octanol–water partition coefficient (Wildman–Crippen LogP) is 4.41. The summed E-state index contributed by atoms with van der Waals surface area (Å²) in [6.45, 7) is 12.0. The average molecular weight is 387 g/mol. The van der Waals surface area contributed by atoms with Gasteiger partial charge < -0.3 is 10.6 Å². The van der Waals surface area contributed by atoms with Gasteiger partial charge >= 0.3 is 0 Å². The zero-order chi connectivity index (χ0) is 20.3. The molecular weight excluding hydrogens is 348 g/mol. The van der Waals surface area contributed by atoms with Crippen LogP contribution in [-0.2, 0) is 9.59 Å². The number of carbonyl (C=O) groups is 2. The molecule has 0 aromatic carbocycles. The van der Waals surface area contributed by atoms with Crippen molar-refractivity contribution in [1.82, 2.24) is 10.6 Å². The highest BCUT2D eigenvalue weighted by molar-refractivity contribution is 5.80. The van der Waals surface area contributed by atoms with Gasteiger partial charge in [-0.25, -0.2) is 0 Å². The molecule has 1 unspecified atom stereocenters. The summed E-state index contributed by atoms with van der Waals surface area (Å²) in [6, 6.07) is 0. The van der Waals surface area contributed by atoms with Crippen LogP contribution in [0.1, 0.15) is 79.6 Å². The lowest BCUT2D eigenvalue weighted by Gasteiger charge is -2.57. The molecule has 2 N–H and O–H groups in total. The molecule has 0 spiro atoms. The van der Waals surface area contributed by atoms with E-state index in [1.54, 1.807) is 0 Å². The summed E-state index contributed by atoms with van der Waals surface area (Å²) in [4.78, 5) is 25.0. The van der Waals surface area contributed by atoms with Gasteiger partial charge in [0.25, 0.3) is 0 Å². The van der Waals surface area contributed by atoms with Crippen LogP contribution in [0.5, 0.6) is 0 Å². The van der Waals surface area contributed by atoms with Gasteiger partial charge in [-0.3, -0.25) is 9.59 Å². The Morgan fingerprint density at radius 2 is 1.93 bits per heavy atom. The van der Waals surface area contributed by atoms with E-state index in [0.717, 1.165) is 32.2 Å². The molecule has 6 atom stereocenters. The second kappa shape index (κ2) is 6.60. The number of amides is 2. The Morgan fingerprint density at radius 3 is 2.64 bits per heavy atom. The van der Waals surface area contributed by atoms with Crippen molar-refractivity contribution in [3.8, 4) is 0 Å². The van der Waals surface area contributed by atoms with Crippen molar-refractivity contribution >= 4 is 11.8 Å². The summed E-state index contributed by atoms with van der Waals surface area (Å²) in [5.41, 5.74) is 1.55. The van der Waals surface area contributed by atoms with Gasteiger partial charge in [0.15, 0.2) is 0 Å². The molecule has 1 aliphatic heterocycles. The van der Waals surface area contributed by atoms with Crippen LogP contribution < -0.4 is 10.6 Å². The minimum Gasteiger partial charge on any atom is -0.355 e. The number of carbonyl (C=O) groups excluding carboxylic acids is 2. The number of nitrogens with one attached hydrogen (secondary N) is 2. The molecule has 0 aromatic heterocycles. The molecule has 4 rings (SSSR count). The molecule has 1 heterocycles.